The van der Waals surface area contributed by atoms with Crippen LogP contribution < -0.4 is 5.73 Å². The van der Waals surface area contributed by atoms with Gasteiger partial charge in [0, 0.05) is 25.6 Å². The molecule has 0 aromatic heterocycles. The first-order chi connectivity index (χ1) is 8.67. The quantitative estimate of drug-likeness (QED) is 0.714. The van der Waals surface area contributed by atoms with Crippen molar-refractivity contribution >= 4 is 5.91 Å². The van der Waals surface area contributed by atoms with Crippen LogP contribution in [0.15, 0.2) is 0 Å². The Morgan fingerprint density at radius 2 is 1.94 bits per heavy atom. The summed E-state index contributed by atoms with van der Waals surface area (Å²) in [6.45, 7) is 9.37. The summed E-state index contributed by atoms with van der Waals surface area (Å²) in [4.78, 5) is 16.3. The molecule has 2 N–H and O–H groups in total. The number of amides is 1. The van der Waals surface area contributed by atoms with Crippen molar-refractivity contribution in [1.82, 2.24) is 9.80 Å². The van der Waals surface area contributed by atoms with E-state index < -0.39 is 0 Å². The molecule has 0 bridgehead atoms. The SMILES string of the molecule is CCCN(CCC)CCCC(=O)N1CC[C@@H](N)C1. The number of nitrogens with two attached hydrogens (primary N) is 1. The number of nitrogens with zero attached hydrogens (tertiary/aromatic N) is 2. The maximum atomic E-state index is 11.9. The molecule has 0 aliphatic carbocycles. The molecule has 1 heterocycles. The highest BCUT2D eigenvalue weighted by Crippen LogP contribution is 2.10. The predicted molar refractivity (Wildman–Crippen MR) is 75.4 cm³/mol. The van der Waals surface area contributed by atoms with Crippen LogP contribution in [0.4, 0.5) is 0 Å². The van der Waals surface area contributed by atoms with E-state index in [9.17, 15) is 4.79 Å². The molecule has 0 saturated carbocycles. The van der Waals surface area contributed by atoms with E-state index in [-0.39, 0.29) is 11.9 Å². The highest BCUT2D eigenvalue weighted by atomic mass is 16.2. The lowest BCUT2D eigenvalue weighted by atomic mass is 10.2. The molecule has 18 heavy (non-hydrogen) atoms. The largest absolute Gasteiger partial charge is 0.341 e. The topological polar surface area (TPSA) is 49.6 Å². The highest BCUT2D eigenvalue weighted by Gasteiger charge is 2.22. The third-order valence-corrected chi connectivity index (χ3v) is 3.52. The van der Waals surface area contributed by atoms with Gasteiger partial charge in [-0.25, -0.2) is 0 Å². The first kappa shape index (κ1) is 15.4. The smallest absolute Gasteiger partial charge is 0.222 e. The van der Waals surface area contributed by atoms with Gasteiger partial charge in [-0.05, 0) is 45.3 Å². The Bertz CT molecular complexity index is 239. The van der Waals surface area contributed by atoms with Crippen molar-refractivity contribution in [3.05, 3.63) is 0 Å². The van der Waals surface area contributed by atoms with Crippen molar-refractivity contribution in [3.8, 4) is 0 Å². The van der Waals surface area contributed by atoms with Gasteiger partial charge < -0.3 is 15.5 Å². The van der Waals surface area contributed by atoms with Crippen molar-refractivity contribution in [2.75, 3.05) is 32.7 Å². The lowest BCUT2D eigenvalue weighted by Crippen LogP contribution is -2.33. The zero-order valence-corrected chi connectivity index (χ0v) is 12.0. The normalized spacial score (nSPS) is 19.8. The molecule has 4 heteroatoms. The summed E-state index contributed by atoms with van der Waals surface area (Å²) in [6.07, 6.45) is 4.99. The van der Waals surface area contributed by atoms with Crippen LogP contribution in [0, 0.1) is 0 Å². The molecule has 1 atom stereocenters. The number of hydrogen-bond acceptors (Lipinski definition) is 3. The van der Waals surface area contributed by atoms with E-state index in [1.165, 1.54) is 12.8 Å². The van der Waals surface area contributed by atoms with Gasteiger partial charge in [-0.2, -0.15) is 0 Å². The third-order valence-electron chi connectivity index (χ3n) is 3.52. The summed E-state index contributed by atoms with van der Waals surface area (Å²) in [5, 5.41) is 0. The second-order valence-corrected chi connectivity index (χ2v) is 5.33. The summed E-state index contributed by atoms with van der Waals surface area (Å²) in [5.74, 6) is 0.288. The molecule has 0 aromatic carbocycles. The summed E-state index contributed by atoms with van der Waals surface area (Å²) < 4.78 is 0. The Morgan fingerprint density at radius 3 is 2.44 bits per heavy atom. The van der Waals surface area contributed by atoms with Crippen LogP contribution in [0.25, 0.3) is 0 Å². The average Bonchev–Trinajstić information content (AvgIpc) is 2.76. The third kappa shape index (κ3) is 5.36. The summed E-state index contributed by atoms with van der Waals surface area (Å²) in [7, 11) is 0. The maximum absolute atomic E-state index is 11.9. The summed E-state index contributed by atoms with van der Waals surface area (Å²) >= 11 is 0. The van der Waals surface area contributed by atoms with Gasteiger partial charge in [0.2, 0.25) is 5.91 Å². The predicted octanol–water partition coefficient (Wildman–Crippen LogP) is 1.45. The van der Waals surface area contributed by atoms with E-state index in [0.717, 1.165) is 45.6 Å². The van der Waals surface area contributed by atoms with E-state index in [1.54, 1.807) is 0 Å². The fraction of sp³-hybridized carbons (Fsp3) is 0.929. The van der Waals surface area contributed by atoms with Crippen molar-refractivity contribution < 1.29 is 4.79 Å². The average molecular weight is 255 g/mol. The first-order valence-electron chi connectivity index (χ1n) is 7.43. The lowest BCUT2D eigenvalue weighted by Gasteiger charge is -2.21. The Morgan fingerprint density at radius 1 is 1.28 bits per heavy atom. The molecule has 1 amide bonds. The maximum Gasteiger partial charge on any atom is 0.222 e. The lowest BCUT2D eigenvalue weighted by molar-refractivity contribution is -0.130. The second kappa shape index (κ2) is 8.48. The van der Waals surface area contributed by atoms with E-state index in [4.69, 9.17) is 5.73 Å². The molecule has 1 aliphatic rings. The molecule has 0 radical (unpaired) electrons. The zero-order valence-electron chi connectivity index (χ0n) is 12.0. The molecule has 1 rings (SSSR count). The minimum Gasteiger partial charge on any atom is -0.341 e. The number of carbonyl (C=O) groups is 1. The van der Waals surface area contributed by atoms with Crippen LogP contribution in [0.5, 0.6) is 0 Å². The van der Waals surface area contributed by atoms with Gasteiger partial charge in [0.05, 0.1) is 0 Å². The number of carbonyl (C=O) groups excluding carboxylic acids is 1. The van der Waals surface area contributed by atoms with Crippen LogP contribution >= 0.6 is 0 Å². The van der Waals surface area contributed by atoms with Gasteiger partial charge in [0.25, 0.3) is 0 Å². The second-order valence-electron chi connectivity index (χ2n) is 5.33. The molecule has 1 aliphatic heterocycles. The highest BCUT2D eigenvalue weighted by molar-refractivity contribution is 5.76. The van der Waals surface area contributed by atoms with Crippen LogP contribution in [-0.4, -0.2) is 54.5 Å². The fourth-order valence-corrected chi connectivity index (χ4v) is 2.59. The molecule has 0 unspecified atom stereocenters. The number of rotatable bonds is 8. The Balaban J connectivity index is 2.17. The molecular weight excluding hydrogens is 226 g/mol. The van der Waals surface area contributed by atoms with E-state index in [2.05, 4.69) is 18.7 Å². The minimum absolute atomic E-state index is 0.200. The molecular formula is C14H29N3O. The minimum atomic E-state index is 0.200. The van der Waals surface area contributed by atoms with Gasteiger partial charge in [-0.1, -0.05) is 13.8 Å². The van der Waals surface area contributed by atoms with Gasteiger partial charge in [0.1, 0.15) is 0 Å². The van der Waals surface area contributed by atoms with Crippen molar-refractivity contribution in [1.29, 1.82) is 0 Å². The van der Waals surface area contributed by atoms with Crippen molar-refractivity contribution in [2.24, 2.45) is 5.73 Å². The van der Waals surface area contributed by atoms with Crippen LogP contribution in [0.1, 0.15) is 46.0 Å². The Kier molecular flexibility index (Phi) is 7.28. The summed E-state index contributed by atoms with van der Waals surface area (Å²) in [6, 6.07) is 0.200. The van der Waals surface area contributed by atoms with Gasteiger partial charge in [0.15, 0.2) is 0 Å². The van der Waals surface area contributed by atoms with Crippen LogP contribution in [-0.2, 0) is 4.79 Å². The standard InChI is InChI=1S/C14H29N3O/c1-3-8-16(9-4-2)10-5-6-14(18)17-11-7-13(15)12-17/h13H,3-12,15H2,1-2H3/t13-/m1/s1. The van der Waals surface area contributed by atoms with E-state index >= 15 is 0 Å². The summed E-state index contributed by atoms with van der Waals surface area (Å²) in [5.41, 5.74) is 5.82. The van der Waals surface area contributed by atoms with Gasteiger partial charge >= 0.3 is 0 Å². The molecule has 1 saturated heterocycles. The van der Waals surface area contributed by atoms with Crippen molar-refractivity contribution in [3.63, 3.8) is 0 Å². The first-order valence-corrected chi connectivity index (χ1v) is 7.43. The molecule has 106 valence electrons. The molecule has 1 fully saturated rings. The van der Waals surface area contributed by atoms with Crippen LogP contribution in [0.3, 0.4) is 0 Å². The Hall–Kier alpha value is -0.610. The molecule has 0 aromatic rings. The van der Waals surface area contributed by atoms with Crippen LogP contribution in [0.2, 0.25) is 0 Å². The monoisotopic (exact) mass is 255 g/mol. The zero-order chi connectivity index (χ0) is 13.4. The number of likely N-dealkylation sites (tertiary alicyclic amines) is 1. The Labute approximate surface area is 111 Å². The van der Waals surface area contributed by atoms with Gasteiger partial charge in [-0.3, -0.25) is 4.79 Å². The molecule has 0 spiro atoms. The number of hydrogen-bond donors (Lipinski definition) is 1. The van der Waals surface area contributed by atoms with Crippen molar-refractivity contribution in [2.45, 2.75) is 52.0 Å². The van der Waals surface area contributed by atoms with E-state index in [0.29, 0.717) is 6.42 Å². The van der Waals surface area contributed by atoms with Gasteiger partial charge in [-0.15, -0.1) is 0 Å². The fourth-order valence-electron chi connectivity index (χ4n) is 2.59. The molecule has 4 nitrogen and oxygen atoms in total. The van der Waals surface area contributed by atoms with E-state index in [1.807, 2.05) is 4.90 Å².